The van der Waals surface area contributed by atoms with Crippen LogP contribution in [0.2, 0.25) is 0 Å². The van der Waals surface area contributed by atoms with E-state index in [1.165, 1.54) is 12.3 Å². The first-order chi connectivity index (χ1) is 12.0. The van der Waals surface area contributed by atoms with E-state index < -0.39 is 12.0 Å². The molecule has 0 aliphatic heterocycles. The third kappa shape index (κ3) is 4.94. The normalized spacial score (nSPS) is 10.0. The number of nitrogens with one attached hydrogen (secondary N) is 2. The van der Waals surface area contributed by atoms with Crippen molar-refractivity contribution in [2.45, 2.75) is 20.8 Å². The number of aromatic nitrogens is 1. The van der Waals surface area contributed by atoms with E-state index in [-0.39, 0.29) is 5.69 Å². The number of amides is 2. The Balaban J connectivity index is 1.93. The molecule has 0 radical (unpaired) electrons. The Morgan fingerprint density at radius 1 is 1.16 bits per heavy atom. The lowest BCUT2D eigenvalue weighted by molar-refractivity contribution is 0.0610. The van der Waals surface area contributed by atoms with E-state index in [2.05, 4.69) is 34.5 Å². The third-order valence-corrected chi connectivity index (χ3v) is 3.71. The van der Waals surface area contributed by atoms with Crippen molar-refractivity contribution >= 4 is 23.4 Å². The van der Waals surface area contributed by atoms with Crippen molar-refractivity contribution in [3.05, 3.63) is 53.9 Å². The second kappa shape index (κ2) is 8.68. The summed E-state index contributed by atoms with van der Waals surface area (Å²) in [6.07, 6.45) is 0.707. The van der Waals surface area contributed by atoms with Gasteiger partial charge in [0.1, 0.15) is 5.69 Å². The highest BCUT2D eigenvalue weighted by Crippen LogP contribution is 2.22. The van der Waals surface area contributed by atoms with Crippen LogP contribution in [0.3, 0.4) is 0 Å². The van der Waals surface area contributed by atoms with Gasteiger partial charge < -0.3 is 9.74 Å². The van der Waals surface area contributed by atoms with Crippen LogP contribution in [0.5, 0.6) is 0 Å². The summed E-state index contributed by atoms with van der Waals surface area (Å²) in [6.45, 7) is 7.89. The zero-order valence-electron chi connectivity index (χ0n) is 14.6. The van der Waals surface area contributed by atoms with Crippen LogP contribution in [-0.4, -0.2) is 30.1 Å². The molecule has 7 nitrogen and oxygen atoms in total. The smallest absolute Gasteiger partial charge is 0.372 e. The molecule has 2 rings (SSSR count). The van der Waals surface area contributed by atoms with Crippen LogP contribution in [0.25, 0.3) is 0 Å². The first-order valence-electron chi connectivity index (χ1n) is 8.10. The van der Waals surface area contributed by atoms with Gasteiger partial charge in [-0.3, -0.25) is 15.1 Å². The maximum atomic E-state index is 11.9. The quantitative estimate of drug-likeness (QED) is 0.816. The lowest BCUT2D eigenvalue weighted by Crippen LogP contribution is -2.30. The molecule has 25 heavy (non-hydrogen) atoms. The standard InChI is InChI=1S/C18H22N4O3/c1-4-22(5-2)14-9-10-15(13(3)12-14)20-18(24)25-21-17(23)16-8-6-7-11-19-16/h6-12H,4-5H2,1-3H3,(H,20,24)(H,21,23). The van der Waals surface area contributed by atoms with Crippen molar-refractivity contribution < 1.29 is 14.4 Å². The predicted molar refractivity (Wildman–Crippen MR) is 96.5 cm³/mol. The molecule has 2 N–H and O–H groups in total. The van der Waals surface area contributed by atoms with Crippen LogP contribution < -0.4 is 15.7 Å². The number of aryl methyl sites for hydroxylation is 1. The van der Waals surface area contributed by atoms with Crippen molar-refractivity contribution in [3.8, 4) is 0 Å². The molecule has 7 heteroatoms. The maximum absolute atomic E-state index is 11.9. The Labute approximate surface area is 147 Å². The highest BCUT2D eigenvalue weighted by molar-refractivity contribution is 5.93. The van der Waals surface area contributed by atoms with Gasteiger partial charge in [0.15, 0.2) is 0 Å². The summed E-state index contributed by atoms with van der Waals surface area (Å²) in [4.78, 5) is 34.4. The van der Waals surface area contributed by atoms with E-state index in [1.54, 1.807) is 12.1 Å². The van der Waals surface area contributed by atoms with E-state index >= 15 is 0 Å². The van der Waals surface area contributed by atoms with Crippen LogP contribution in [0.15, 0.2) is 42.6 Å². The number of anilines is 2. The van der Waals surface area contributed by atoms with Crippen LogP contribution in [0, 0.1) is 6.92 Å². The van der Waals surface area contributed by atoms with Crippen molar-refractivity contribution in [2.75, 3.05) is 23.3 Å². The minimum absolute atomic E-state index is 0.162. The molecule has 0 bridgehead atoms. The summed E-state index contributed by atoms with van der Waals surface area (Å²) < 4.78 is 0. The van der Waals surface area contributed by atoms with Gasteiger partial charge in [-0.25, -0.2) is 4.79 Å². The fourth-order valence-electron chi connectivity index (χ4n) is 2.35. The number of benzene rings is 1. The van der Waals surface area contributed by atoms with Gasteiger partial charge in [0.05, 0.1) is 0 Å². The molecule has 0 saturated carbocycles. The topological polar surface area (TPSA) is 83.6 Å². The SMILES string of the molecule is CCN(CC)c1ccc(NC(=O)ONC(=O)c2ccccn2)c(C)c1. The van der Waals surface area contributed by atoms with Crippen LogP contribution in [0.1, 0.15) is 29.9 Å². The van der Waals surface area contributed by atoms with Crippen LogP contribution in [0.4, 0.5) is 16.2 Å². The first kappa shape index (κ1) is 18.3. The van der Waals surface area contributed by atoms with Gasteiger partial charge in [-0.15, -0.1) is 0 Å². The summed E-state index contributed by atoms with van der Waals surface area (Å²) >= 11 is 0. The number of carbonyl (C=O) groups is 2. The minimum atomic E-state index is -0.775. The molecule has 0 aliphatic carbocycles. The summed E-state index contributed by atoms with van der Waals surface area (Å²) in [5, 5.41) is 2.60. The van der Waals surface area contributed by atoms with Gasteiger partial charge >= 0.3 is 12.0 Å². The number of nitrogens with zero attached hydrogens (tertiary/aromatic N) is 2. The molecule has 0 unspecified atom stereocenters. The van der Waals surface area contributed by atoms with Gasteiger partial charge in [0.2, 0.25) is 0 Å². The Kier molecular flexibility index (Phi) is 6.33. The molecule has 132 valence electrons. The Bertz CT molecular complexity index is 730. The van der Waals surface area contributed by atoms with Gasteiger partial charge in [-0.2, -0.15) is 5.48 Å². The van der Waals surface area contributed by atoms with Crippen LogP contribution >= 0.6 is 0 Å². The van der Waals surface area contributed by atoms with Gasteiger partial charge in [0, 0.05) is 30.7 Å². The minimum Gasteiger partial charge on any atom is -0.372 e. The van der Waals surface area contributed by atoms with Crippen molar-refractivity contribution in [2.24, 2.45) is 0 Å². The molecule has 0 atom stereocenters. The van der Waals surface area contributed by atoms with E-state index in [0.29, 0.717) is 5.69 Å². The third-order valence-electron chi connectivity index (χ3n) is 3.71. The van der Waals surface area contributed by atoms with E-state index in [0.717, 1.165) is 24.3 Å². The highest BCUT2D eigenvalue weighted by atomic mass is 16.7. The molecule has 2 aromatic rings. The zero-order valence-corrected chi connectivity index (χ0v) is 14.6. The molecular formula is C18H22N4O3. The monoisotopic (exact) mass is 342 g/mol. The summed E-state index contributed by atoms with van der Waals surface area (Å²) in [6, 6.07) is 10.6. The molecule has 1 aromatic carbocycles. The Morgan fingerprint density at radius 2 is 1.92 bits per heavy atom. The number of rotatable bonds is 5. The fourth-order valence-corrected chi connectivity index (χ4v) is 2.35. The van der Waals surface area contributed by atoms with Gasteiger partial charge in [-0.1, -0.05) is 6.07 Å². The molecule has 0 saturated heterocycles. The molecule has 0 aliphatic rings. The lowest BCUT2D eigenvalue weighted by Gasteiger charge is -2.22. The second-order valence-corrected chi connectivity index (χ2v) is 5.33. The zero-order chi connectivity index (χ0) is 18.2. The van der Waals surface area contributed by atoms with E-state index in [1.807, 2.05) is 25.1 Å². The molecule has 1 aromatic heterocycles. The summed E-state index contributed by atoms with van der Waals surface area (Å²) in [5.74, 6) is -0.593. The molecule has 1 heterocycles. The maximum Gasteiger partial charge on any atom is 0.436 e. The summed E-state index contributed by atoms with van der Waals surface area (Å²) in [7, 11) is 0. The molecule has 0 spiro atoms. The van der Waals surface area contributed by atoms with Crippen molar-refractivity contribution in [1.82, 2.24) is 10.5 Å². The Hall–Kier alpha value is -3.09. The number of hydroxylamine groups is 1. The van der Waals surface area contributed by atoms with E-state index in [9.17, 15) is 9.59 Å². The number of pyridine rings is 1. The molecule has 2 amide bonds. The highest BCUT2D eigenvalue weighted by Gasteiger charge is 2.12. The van der Waals surface area contributed by atoms with Crippen molar-refractivity contribution in [1.29, 1.82) is 0 Å². The summed E-state index contributed by atoms with van der Waals surface area (Å²) in [5.41, 5.74) is 4.83. The number of hydrogen-bond donors (Lipinski definition) is 2. The van der Waals surface area contributed by atoms with Gasteiger partial charge in [0.25, 0.3) is 0 Å². The average Bonchev–Trinajstić information content (AvgIpc) is 2.63. The Morgan fingerprint density at radius 3 is 2.52 bits per heavy atom. The van der Waals surface area contributed by atoms with E-state index in [4.69, 9.17) is 4.84 Å². The number of hydrogen-bond acceptors (Lipinski definition) is 5. The second-order valence-electron chi connectivity index (χ2n) is 5.33. The lowest BCUT2D eigenvalue weighted by atomic mass is 10.1. The number of carbonyl (C=O) groups excluding carboxylic acids is 2. The fraction of sp³-hybridized carbons (Fsp3) is 0.278. The van der Waals surface area contributed by atoms with Gasteiger partial charge in [-0.05, 0) is 56.7 Å². The first-order valence-corrected chi connectivity index (χ1v) is 8.10. The predicted octanol–water partition coefficient (Wildman–Crippen LogP) is 3.13. The largest absolute Gasteiger partial charge is 0.436 e. The van der Waals surface area contributed by atoms with Crippen LogP contribution in [-0.2, 0) is 4.84 Å². The molecule has 0 fully saturated rings. The molecular weight excluding hydrogens is 320 g/mol. The van der Waals surface area contributed by atoms with Crippen molar-refractivity contribution in [3.63, 3.8) is 0 Å². The average molecular weight is 342 g/mol.